The minimum absolute atomic E-state index is 0.228. The highest BCUT2D eigenvalue weighted by atomic mass is 15.0. The van der Waals surface area contributed by atoms with E-state index in [0.717, 1.165) is 18.4 Å². The maximum Gasteiger partial charge on any atom is 0.0335 e. The summed E-state index contributed by atoms with van der Waals surface area (Å²) in [5, 5.41) is 3.79. The Morgan fingerprint density at radius 1 is 1.33 bits per heavy atom. The van der Waals surface area contributed by atoms with Gasteiger partial charge in [0.05, 0.1) is 0 Å². The van der Waals surface area contributed by atoms with E-state index in [0.29, 0.717) is 5.41 Å². The van der Waals surface area contributed by atoms with Gasteiger partial charge in [0.15, 0.2) is 0 Å². The molecule has 2 nitrogen and oxygen atoms in total. The van der Waals surface area contributed by atoms with Crippen LogP contribution < -0.4 is 11.1 Å². The predicted octanol–water partition coefficient (Wildman–Crippen LogP) is 2.14. The maximum absolute atomic E-state index is 6.02. The molecule has 2 aliphatic rings. The molecule has 2 unspecified atom stereocenters. The maximum atomic E-state index is 6.02. The lowest BCUT2D eigenvalue weighted by Gasteiger charge is -2.34. The second-order valence-electron chi connectivity index (χ2n) is 6.63. The molecule has 2 rings (SSSR count). The van der Waals surface area contributed by atoms with Crippen molar-refractivity contribution >= 4 is 0 Å². The fraction of sp³-hybridized carbons (Fsp3) is 1.00. The van der Waals surface area contributed by atoms with Gasteiger partial charge in [0.1, 0.15) is 0 Å². The van der Waals surface area contributed by atoms with Crippen molar-refractivity contribution in [3.63, 3.8) is 0 Å². The topological polar surface area (TPSA) is 38.0 Å². The van der Waals surface area contributed by atoms with Gasteiger partial charge in [-0.15, -0.1) is 0 Å². The SMILES string of the molecule is CC1CC(C)(C)CC1(CN)NCC1CC1. The molecule has 0 aliphatic heterocycles. The summed E-state index contributed by atoms with van der Waals surface area (Å²) in [6.45, 7) is 9.10. The molecule has 2 fully saturated rings. The molecule has 0 radical (unpaired) electrons. The Labute approximate surface area is 94.0 Å². The average molecular weight is 210 g/mol. The van der Waals surface area contributed by atoms with Crippen molar-refractivity contribution in [1.82, 2.24) is 5.32 Å². The normalized spacial score (nSPS) is 39.6. The molecule has 88 valence electrons. The first-order valence-electron chi connectivity index (χ1n) is 6.43. The monoisotopic (exact) mass is 210 g/mol. The highest BCUT2D eigenvalue weighted by Crippen LogP contribution is 2.47. The zero-order chi connectivity index (χ0) is 11.1. The van der Waals surface area contributed by atoms with E-state index < -0.39 is 0 Å². The van der Waals surface area contributed by atoms with E-state index in [1.807, 2.05) is 0 Å². The molecule has 2 saturated carbocycles. The van der Waals surface area contributed by atoms with Crippen molar-refractivity contribution in [2.75, 3.05) is 13.1 Å². The van der Waals surface area contributed by atoms with E-state index in [1.165, 1.54) is 32.2 Å². The highest BCUT2D eigenvalue weighted by molar-refractivity contribution is 5.05. The summed E-state index contributed by atoms with van der Waals surface area (Å²) in [4.78, 5) is 0. The van der Waals surface area contributed by atoms with E-state index in [4.69, 9.17) is 5.73 Å². The molecule has 0 bridgehead atoms. The summed E-state index contributed by atoms with van der Waals surface area (Å²) >= 11 is 0. The van der Waals surface area contributed by atoms with Crippen LogP contribution in [0.15, 0.2) is 0 Å². The van der Waals surface area contributed by atoms with Crippen LogP contribution in [0, 0.1) is 17.3 Å². The fourth-order valence-corrected chi connectivity index (χ4v) is 3.38. The van der Waals surface area contributed by atoms with Crippen LogP contribution in [0.25, 0.3) is 0 Å². The van der Waals surface area contributed by atoms with Gasteiger partial charge in [0.25, 0.3) is 0 Å². The van der Waals surface area contributed by atoms with Crippen LogP contribution in [0.4, 0.5) is 0 Å². The van der Waals surface area contributed by atoms with Crippen LogP contribution in [0.2, 0.25) is 0 Å². The smallest absolute Gasteiger partial charge is 0.0335 e. The van der Waals surface area contributed by atoms with Crippen LogP contribution in [-0.2, 0) is 0 Å². The van der Waals surface area contributed by atoms with Gasteiger partial charge in [-0.1, -0.05) is 20.8 Å². The Morgan fingerprint density at radius 2 is 2.00 bits per heavy atom. The molecule has 2 heteroatoms. The lowest BCUT2D eigenvalue weighted by atomic mass is 9.86. The first-order valence-corrected chi connectivity index (χ1v) is 6.43. The average Bonchev–Trinajstić information content (AvgIpc) is 2.91. The van der Waals surface area contributed by atoms with Gasteiger partial charge in [-0.3, -0.25) is 0 Å². The van der Waals surface area contributed by atoms with E-state index in [-0.39, 0.29) is 5.54 Å². The minimum atomic E-state index is 0.228. The summed E-state index contributed by atoms with van der Waals surface area (Å²) in [6.07, 6.45) is 5.39. The Hall–Kier alpha value is -0.0800. The second kappa shape index (κ2) is 3.74. The molecule has 2 atom stereocenters. The van der Waals surface area contributed by atoms with Crippen LogP contribution in [-0.4, -0.2) is 18.6 Å². The quantitative estimate of drug-likeness (QED) is 0.746. The third-order valence-corrected chi connectivity index (χ3v) is 4.40. The Kier molecular flexibility index (Phi) is 2.85. The molecule has 0 aromatic rings. The molecule has 0 aromatic carbocycles. The van der Waals surface area contributed by atoms with Gasteiger partial charge in [-0.25, -0.2) is 0 Å². The van der Waals surface area contributed by atoms with Gasteiger partial charge < -0.3 is 11.1 Å². The third-order valence-electron chi connectivity index (χ3n) is 4.40. The van der Waals surface area contributed by atoms with E-state index in [9.17, 15) is 0 Å². The van der Waals surface area contributed by atoms with Gasteiger partial charge in [-0.2, -0.15) is 0 Å². The number of nitrogens with two attached hydrogens (primary N) is 1. The highest BCUT2D eigenvalue weighted by Gasteiger charge is 2.47. The van der Waals surface area contributed by atoms with Gasteiger partial charge in [0, 0.05) is 12.1 Å². The van der Waals surface area contributed by atoms with Gasteiger partial charge in [0.2, 0.25) is 0 Å². The standard InChI is InChI=1S/C13H26N2/c1-10-6-12(2,3)8-13(10,9-14)15-7-11-4-5-11/h10-11,15H,4-9,14H2,1-3H3. The zero-order valence-electron chi connectivity index (χ0n) is 10.5. The van der Waals surface area contributed by atoms with Crippen LogP contribution in [0.1, 0.15) is 46.5 Å². The van der Waals surface area contributed by atoms with E-state index in [2.05, 4.69) is 26.1 Å². The third kappa shape index (κ3) is 2.36. The van der Waals surface area contributed by atoms with E-state index >= 15 is 0 Å². The second-order valence-corrected chi connectivity index (χ2v) is 6.63. The molecular formula is C13H26N2. The van der Waals surface area contributed by atoms with Crippen molar-refractivity contribution in [1.29, 1.82) is 0 Å². The van der Waals surface area contributed by atoms with Gasteiger partial charge >= 0.3 is 0 Å². The predicted molar refractivity (Wildman–Crippen MR) is 64.7 cm³/mol. The number of nitrogens with one attached hydrogen (secondary N) is 1. The molecular weight excluding hydrogens is 184 g/mol. The fourth-order valence-electron chi connectivity index (χ4n) is 3.38. The molecule has 2 aliphatic carbocycles. The molecule has 15 heavy (non-hydrogen) atoms. The largest absolute Gasteiger partial charge is 0.329 e. The van der Waals surface area contributed by atoms with Crippen LogP contribution in [0.5, 0.6) is 0 Å². The van der Waals surface area contributed by atoms with Crippen molar-refractivity contribution in [2.45, 2.75) is 52.0 Å². The zero-order valence-corrected chi connectivity index (χ0v) is 10.5. The van der Waals surface area contributed by atoms with E-state index in [1.54, 1.807) is 0 Å². The number of hydrogen-bond donors (Lipinski definition) is 2. The first-order chi connectivity index (χ1) is 6.97. The molecule has 0 spiro atoms. The van der Waals surface area contributed by atoms with Crippen molar-refractivity contribution in [2.24, 2.45) is 23.0 Å². The Bertz CT molecular complexity index is 233. The first kappa shape index (κ1) is 11.4. The van der Waals surface area contributed by atoms with Crippen molar-refractivity contribution in [3.05, 3.63) is 0 Å². The van der Waals surface area contributed by atoms with Crippen LogP contribution >= 0.6 is 0 Å². The van der Waals surface area contributed by atoms with Crippen molar-refractivity contribution in [3.8, 4) is 0 Å². The summed E-state index contributed by atoms with van der Waals surface area (Å²) in [7, 11) is 0. The molecule has 0 amide bonds. The summed E-state index contributed by atoms with van der Waals surface area (Å²) < 4.78 is 0. The van der Waals surface area contributed by atoms with Crippen LogP contribution in [0.3, 0.4) is 0 Å². The lowest BCUT2D eigenvalue weighted by molar-refractivity contribution is 0.253. The molecule has 0 heterocycles. The molecule has 3 N–H and O–H groups in total. The Morgan fingerprint density at radius 3 is 2.40 bits per heavy atom. The minimum Gasteiger partial charge on any atom is -0.329 e. The number of hydrogen-bond acceptors (Lipinski definition) is 2. The Balaban J connectivity index is 1.99. The summed E-state index contributed by atoms with van der Waals surface area (Å²) in [6, 6.07) is 0. The van der Waals surface area contributed by atoms with Gasteiger partial charge in [-0.05, 0) is 49.5 Å². The summed E-state index contributed by atoms with van der Waals surface area (Å²) in [5.41, 5.74) is 6.72. The number of rotatable bonds is 4. The molecule has 0 saturated heterocycles. The summed E-state index contributed by atoms with van der Waals surface area (Å²) in [5.74, 6) is 1.67. The molecule has 0 aromatic heterocycles. The van der Waals surface area contributed by atoms with Crippen molar-refractivity contribution < 1.29 is 0 Å². The lowest BCUT2D eigenvalue weighted by Crippen LogP contribution is -2.54.